The van der Waals surface area contributed by atoms with Crippen LogP contribution in [0.25, 0.3) is 0 Å². The van der Waals surface area contributed by atoms with E-state index in [1.165, 1.54) is 12.8 Å². The van der Waals surface area contributed by atoms with Crippen molar-refractivity contribution in [1.29, 1.82) is 0 Å². The van der Waals surface area contributed by atoms with E-state index in [0.29, 0.717) is 11.9 Å². The maximum atomic E-state index is 5.02. The lowest BCUT2D eigenvalue weighted by atomic mass is 10.0. The fourth-order valence-corrected chi connectivity index (χ4v) is 2.54. The average molecular weight is 247 g/mol. The molecule has 6 nitrogen and oxygen atoms in total. The Morgan fingerprint density at radius 3 is 3.17 bits per heavy atom. The molecule has 1 saturated heterocycles. The first-order chi connectivity index (χ1) is 8.83. The van der Waals surface area contributed by atoms with Crippen molar-refractivity contribution in [2.75, 3.05) is 6.54 Å². The van der Waals surface area contributed by atoms with E-state index in [1.807, 2.05) is 13.1 Å². The van der Waals surface area contributed by atoms with Crippen LogP contribution in [0.2, 0.25) is 0 Å². The Morgan fingerprint density at radius 1 is 1.50 bits per heavy atom. The van der Waals surface area contributed by atoms with Crippen LogP contribution in [0.1, 0.15) is 42.8 Å². The van der Waals surface area contributed by atoms with Gasteiger partial charge in [0.2, 0.25) is 5.89 Å². The van der Waals surface area contributed by atoms with Gasteiger partial charge in [0, 0.05) is 19.3 Å². The minimum Gasteiger partial charge on any atom is -0.347 e. The fraction of sp³-hybridized carbons (Fsp3) is 0.583. The van der Waals surface area contributed by atoms with E-state index in [9.17, 15) is 0 Å². The Hall–Kier alpha value is -1.69. The summed E-state index contributed by atoms with van der Waals surface area (Å²) in [5, 5.41) is 3.97. The third kappa shape index (κ3) is 2.28. The molecule has 0 aromatic carbocycles. The largest absolute Gasteiger partial charge is 0.347 e. The second-order valence-electron chi connectivity index (χ2n) is 4.69. The third-order valence-electron chi connectivity index (χ3n) is 3.36. The molecule has 1 aliphatic rings. The maximum Gasteiger partial charge on any atom is 0.223 e. The van der Waals surface area contributed by atoms with Crippen LogP contribution in [0.3, 0.4) is 0 Å². The molecule has 0 aliphatic carbocycles. The van der Waals surface area contributed by atoms with E-state index < -0.39 is 0 Å². The van der Waals surface area contributed by atoms with E-state index >= 15 is 0 Å². The summed E-state index contributed by atoms with van der Waals surface area (Å²) in [6, 6.07) is 0.340. The molecule has 96 valence electrons. The van der Waals surface area contributed by atoms with Crippen molar-refractivity contribution in [3.05, 3.63) is 29.9 Å². The van der Waals surface area contributed by atoms with E-state index in [-0.39, 0.29) is 0 Å². The highest BCUT2D eigenvalue weighted by molar-refractivity contribution is 4.99. The number of likely N-dealkylation sites (tertiary alicyclic amines) is 1. The van der Waals surface area contributed by atoms with E-state index in [2.05, 4.69) is 25.0 Å². The van der Waals surface area contributed by atoms with Crippen molar-refractivity contribution in [1.82, 2.24) is 25.0 Å². The number of aromatic nitrogens is 4. The van der Waals surface area contributed by atoms with Gasteiger partial charge in [0.1, 0.15) is 5.82 Å². The van der Waals surface area contributed by atoms with Gasteiger partial charge in [-0.2, -0.15) is 4.98 Å². The van der Waals surface area contributed by atoms with Gasteiger partial charge >= 0.3 is 0 Å². The smallest absolute Gasteiger partial charge is 0.223 e. The molecular formula is C12H17N5O. The molecule has 2 aromatic heterocycles. The summed E-state index contributed by atoms with van der Waals surface area (Å²) < 4.78 is 5.02. The number of imidazole rings is 1. The monoisotopic (exact) mass is 247 g/mol. The molecule has 1 fully saturated rings. The lowest BCUT2D eigenvalue weighted by molar-refractivity contribution is 0.129. The standard InChI is InChI=1S/C12H17N5O/c1-9-15-11(16-18-9)8-17-7-3-2-4-10(17)12-13-5-6-14-12/h5-6,10H,2-4,7-8H2,1H3,(H,13,14). The van der Waals surface area contributed by atoms with Gasteiger partial charge in [0.05, 0.1) is 12.6 Å². The lowest BCUT2D eigenvalue weighted by Gasteiger charge is -2.33. The van der Waals surface area contributed by atoms with Crippen LogP contribution in [0.4, 0.5) is 0 Å². The van der Waals surface area contributed by atoms with E-state index in [4.69, 9.17) is 4.52 Å². The van der Waals surface area contributed by atoms with Gasteiger partial charge in [0.15, 0.2) is 5.82 Å². The summed E-state index contributed by atoms with van der Waals surface area (Å²) in [4.78, 5) is 14.2. The second-order valence-corrected chi connectivity index (χ2v) is 4.69. The summed E-state index contributed by atoms with van der Waals surface area (Å²) in [6.45, 7) is 3.60. The zero-order valence-electron chi connectivity index (χ0n) is 10.5. The average Bonchev–Trinajstić information content (AvgIpc) is 3.02. The fourth-order valence-electron chi connectivity index (χ4n) is 2.54. The Bertz CT molecular complexity index is 492. The first-order valence-electron chi connectivity index (χ1n) is 6.35. The quantitative estimate of drug-likeness (QED) is 0.896. The first-order valence-corrected chi connectivity index (χ1v) is 6.35. The van der Waals surface area contributed by atoms with Crippen molar-refractivity contribution in [3.8, 4) is 0 Å². The van der Waals surface area contributed by atoms with Crippen LogP contribution in [-0.4, -0.2) is 31.6 Å². The highest BCUT2D eigenvalue weighted by Gasteiger charge is 2.26. The lowest BCUT2D eigenvalue weighted by Crippen LogP contribution is -2.33. The normalized spacial score (nSPS) is 21.3. The molecule has 0 spiro atoms. The molecule has 2 aromatic rings. The molecule has 0 bridgehead atoms. The molecule has 1 N–H and O–H groups in total. The van der Waals surface area contributed by atoms with Crippen molar-refractivity contribution in [2.45, 2.75) is 38.8 Å². The number of aromatic amines is 1. The number of aryl methyl sites for hydroxylation is 1. The van der Waals surface area contributed by atoms with E-state index in [0.717, 1.165) is 31.2 Å². The van der Waals surface area contributed by atoms with Gasteiger partial charge in [-0.3, -0.25) is 4.90 Å². The number of hydrogen-bond acceptors (Lipinski definition) is 5. The van der Waals surface area contributed by atoms with Crippen LogP contribution in [-0.2, 0) is 6.54 Å². The van der Waals surface area contributed by atoms with Crippen LogP contribution in [0.15, 0.2) is 16.9 Å². The van der Waals surface area contributed by atoms with Gasteiger partial charge in [-0.1, -0.05) is 11.6 Å². The van der Waals surface area contributed by atoms with Crippen molar-refractivity contribution >= 4 is 0 Å². The molecule has 1 aliphatic heterocycles. The number of rotatable bonds is 3. The highest BCUT2D eigenvalue weighted by atomic mass is 16.5. The molecule has 0 saturated carbocycles. The van der Waals surface area contributed by atoms with Gasteiger partial charge in [0.25, 0.3) is 0 Å². The van der Waals surface area contributed by atoms with Crippen LogP contribution in [0.5, 0.6) is 0 Å². The van der Waals surface area contributed by atoms with Crippen molar-refractivity contribution < 1.29 is 4.52 Å². The summed E-state index contributed by atoms with van der Waals surface area (Å²) in [5.74, 6) is 2.41. The summed E-state index contributed by atoms with van der Waals surface area (Å²) >= 11 is 0. The molecular weight excluding hydrogens is 230 g/mol. The Morgan fingerprint density at radius 2 is 2.44 bits per heavy atom. The Labute approximate surface area is 105 Å². The van der Waals surface area contributed by atoms with Gasteiger partial charge < -0.3 is 9.51 Å². The summed E-state index contributed by atoms with van der Waals surface area (Å²) in [6.07, 6.45) is 7.27. The van der Waals surface area contributed by atoms with Crippen LogP contribution >= 0.6 is 0 Å². The van der Waals surface area contributed by atoms with Gasteiger partial charge in [-0.15, -0.1) is 0 Å². The minimum atomic E-state index is 0.340. The molecule has 6 heteroatoms. The highest BCUT2D eigenvalue weighted by Crippen LogP contribution is 2.29. The molecule has 18 heavy (non-hydrogen) atoms. The molecule has 0 radical (unpaired) electrons. The van der Waals surface area contributed by atoms with Gasteiger partial charge in [-0.25, -0.2) is 4.98 Å². The Kier molecular flexibility index (Phi) is 3.10. The van der Waals surface area contributed by atoms with Crippen LogP contribution < -0.4 is 0 Å². The summed E-state index contributed by atoms with van der Waals surface area (Å²) in [5.41, 5.74) is 0. The number of nitrogens with one attached hydrogen (secondary N) is 1. The topological polar surface area (TPSA) is 70.8 Å². The SMILES string of the molecule is Cc1nc(CN2CCCCC2c2ncc[nH]2)no1. The first kappa shape index (κ1) is 11.4. The predicted molar refractivity (Wildman–Crippen MR) is 64.6 cm³/mol. The molecule has 3 heterocycles. The van der Waals surface area contributed by atoms with Crippen LogP contribution in [0, 0.1) is 6.92 Å². The number of hydrogen-bond donors (Lipinski definition) is 1. The molecule has 0 amide bonds. The molecule has 1 unspecified atom stereocenters. The minimum absolute atomic E-state index is 0.340. The predicted octanol–water partition coefficient (Wildman–Crippen LogP) is 1.83. The van der Waals surface area contributed by atoms with Gasteiger partial charge in [-0.05, 0) is 19.4 Å². The maximum absolute atomic E-state index is 5.02. The second kappa shape index (κ2) is 4.89. The number of nitrogens with zero attached hydrogens (tertiary/aromatic N) is 4. The number of H-pyrrole nitrogens is 1. The van der Waals surface area contributed by atoms with E-state index in [1.54, 1.807) is 6.20 Å². The third-order valence-corrected chi connectivity index (χ3v) is 3.36. The van der Waals surface area contributed by atoms with Crippen molar-refractivity contribution in [2.24, 2.45) is 0 Å². The Balaban J connectivity index is 1.76. The summed E-state index contributed by atoms with van der Waals surface area (Å²) in [7, 11) is 0. The molecule has 1 atom stereocenters. The molecule has 3 rings (SSSR count). The zero-order chi connectivity index (χ0) is 12.4. The van der Waals surface area contributed by atoms with Crippen molar-refractivity contribution in [3.63, 3.8) is 0 Å². The number of piperidine rings is 1. The zero-order valence-corrected chi connectivity index (χ0v) is 10.5.